The number of hydrogen-bond acceptors (Lipinski definition) is 3. The van der Waals surface area contributed by atoms with E-state index in [2.05, 4.69) is 19.2 Å². The minimum Gasteiger partial charge on any atom is -0.467 e. The Morgan fingerprint density at radius 3 is 2.63 bits per heavy atom. The van der Waals surface area contributed by atoms with Crippen molar-refractivity contribution in [3.05, 3.63) is 24.2 Å². The average molecular weight is 266 g/mol. The van der Waals surface area contributed by atoms with Gasteiger partial charge in [0.15, 0.2) is 0 Å². The maximum absolute atomic E-state index is 11.9. The van der Waals surface area contributed by atoms with Crippen LogP contribution in [-0.2, 0) is 4.79 Å². The molecule has 1 amide bonds. The van der Waals surface area contributed by atoms with E-state index in [0.717, 1.165) is 18.6 Å². The third-order valence-corrected chi connectivity index (χ3v) is 3.57. The standard InChI is InChI=1S/C15H26N2O2/c1-11(2)13(8-9-16)6-7-15(18)17-12(3)14-5-4-10-19-14/h4-5,10-13H,6-9,16H2,1-3H3,(H,17,18)/t12-,13?/m1/s1. The van der Waals surface area contributed by atoms with Gasteiger partial charge in [0.25, 0.3) is 0 Å². The summed E-state index contributed by atoms with van der Waals surface area (Å²) in [4.78, 5) is 11.9. The van der Waals surface area contributed by atoms with Gasteiger partial charge in [-0.15, -0.1) is 0 Å². The van der Waals surface area contributed by atoms with Crippen molar-refractivity contribution < 1.29 is 9.21 Å². The number of carbonyl (C=O) groups is 1. The van der Waals surface area contributed by atoms with E-state index in [0.29, 0.717) is 24.8 Å². The van der Waals surface area contributed by atoms with Gasteiger partial charge in [-0.05, 0) is 50.3 Å². The Bertz CT molecular complexity index is 360. The van der Waals surface area contributed by atoms with Gasteiger partial charge in [0.05, 0.1) is 12.3 Å². The first-order valence-corrected chi connectivity index (χ1v) is 7.07. The molecule has 0 aliphatic carbocycles. The fourth-order valence-electron chi connectivity index (χ4n) is 2.26. The largest absolute Gasteiger partial charge is 0.467 e. The molecule has 0 aliphatic rings. The van der Waals surface area contributed by atoms with E-state index in [4.69, 9.17) is 10.2 Å². The summed E-state index contributed by atoms with van der Waals surface area (Å²) in [5, 5.41) is 2.95. The molecule has 19 heavy (non-hydrogen) atoms. The predicted octanol–water partition coefficient (Wildman–Crippen LogP) is 2.86. The van der Waals surface area contributed by atoms with Crippen LogP contribution >= 0.6 is 0 Å². The summed E-state index contributed by atoms with van der Waals surface area (Å²) in [6.07, 6.45) is 4.05. The van der Waals surface area contributed by atoms with E-state index < -0.39 is 0 Å². The molecule has 1 aromatic rings. The highest BCUT2D eigenvalue weighted by atomic mass is 16.3. The van der Waals surface area contributed by atoms with Gasteiger partial charge in [0.1, 0.15) is 5.76 Å². The van der Waals surface area contributed by atoms with Crippen molar-refractivity contribution in [2.45, 2.75) is 46.1 Å². The Balaban J connectivity index is 2.34. The van der Waals surface area contributed by atoms with E-state index in [-0.39, 0.29) is 11.9 Å². The van der Waals surface area contributed by atoms with Crippen LogP contribution < -0.4 is 11.1 Å². The molecule has 0 fully saturated rings. The van der Waals surface area contributed by atoms with Gasteiger partial charge in [0.2, 0.25) is 5.91 Å². The Kier molecular flexibility index (Phi) is 6.64. The molecule has 3 N–H and O–H groups in total. The van der Waals surface area contributed by atoms with Crippen LogP contribution in [0.4, 0.5) is 0 Å². The van der Waals surface area contributed by atoms with Gasteiger partial charge in [0, 0.05) is 6.42 Å². The van der Waals surface area contributed by atoms with Crippen molar-refractivity contribution in [1.29, 1.82) is 0 Å². The molecule has 4 heteroatoms. The zero-order valence-electron chi connectivity index (χ0n) is 12.2. The number of nitrogens with one attached hydrogen (secondary N) is 1. The lowest BCUT2D eigenvalue weighted by Gasteiger charge is -2.20. The highest BCUT2D eigenvalue weighted by molar-refractivity contribution is 5.76. The summed E-state index contributed by atoms with van der Waals surface area (Å²) in [6, 6.07) is 3.62. The summed E-state index contributed by atoms with van der Waals surface area (Å²) in [7, 11) is 0. The summed E-state index contributed by atoms with van der Waals surface area (Å²) in [6.45, 7) is 6.98. The van der Waals surface area contributed by atoms with Crippen LogP contribution in [0.1, 0.15) is 51.8 Å². The van der Waals surface area contributed by atoms with Gasteiger partial charge >= 0.3 is 0 Å². The van der Waals surface area contributed by atoms with Crippen molar-refractivity contribution in [3.63, 3.8) is 0 Å². The fourth-order valence-corrected chi connectivity index (χ4v) is 2.26. The normalized spacial score (nSPS) is 14.4. The minimum atomic E-state index is -0.0745. The Labute approximate surface area is 115 Å². The van der Waals surface area contributed by atoms with Crippen LogP contribution in [0.25, 0.3) is 0 Å². The van der Waals surface area contributed by atoms with E-state index >= 15 is 0 Å². The second-order valence-electron chi connectivity index (χ2n) is 5.42. The molecule has 1 unspecified atom stereocenters. The van der Waals surface area contributed by atoms with Gasteiger partial charge in [-0.1, -0.05) is 13.8 Å². The van der Waals surface area contributed by atoms with Gasteiger partial charge < -0.3 is 15.5 Å². The monoisotopic (exact) mass is 266 g/mol. The maximum atomic E-state index is 11.9. The third-order valence-electron chi connectivity index (χ3n) is 3.57. The molecule has 0 radical (unpaired) electrons. The van der Waals surface area contributed by atoms with Crippen molar-refractivity contribution in [3.8, 4) is 0 Å². The van der Waals surface area contributed by atoms with Crippen molar-refractivity contribution in [1.82, 2.24) is 5.32 Å². The zero-order valence-corrected chi connectivity index (χ0v) is 12.2. The van der Waals surface area contributed by atoms with Gasteiger partial charge in [-0.2, -0.15) is 0 Å². The number of amides is 1. The van der Waals surface area contributed by atoms with Crippen LogP contribution in [0.2, 0.25) is 0 Å². The molecule has 0 aromatic carbocycles. The summed E-state index contributed by atoms with van der Waals surface area (Å²) in [5.41, 5.74) is 5.61. The molecule has 4 nitrogen and oxygen atoms in total. The summed E-state index contributed by atoms with van der Waals surface area (Å²) >= 11 is 0. The first-order chi connectivity index (χ1) is 9.04. The highest BCUT2D eigenvalue weighted by Crippen LogP contribution is 2.20. The number of nitrogens with two attached hydrogens (primary N) is 1. The van der Waals surface area contributed by atoms with Crippen LogP contribution in [0.3, 0.4) is 0 Å². The molecule has 0 saturated carbocycles. The second-order valence-corrected chi connectivity index (χ2v) is 5.42. The maximum Gasteiger partial charge on any atom is 0.220 e. The van der Waals surface area contributed by atoms with E-state index in [1.807, 2.05) is 19.1 Å². The lowest BCUT2D eigenvalue weighted by atomic mass is 9.88. The molecule has 2 atom stereocenters. The van der Waals surface area contributed by atoms with Crippen molar-refractivity contribution >= 4 is 5.91 Å². The number of carbonyl (C=O) groups excluding carboxylic acids is 1. The molecule has 0 bridgehead atoms. The van der Waals surface area contributed by atoms with Crippen LogP contribution in [0, 0.1) is 11.8 Å². The van der Waals surface area contributed by atoms with Crippen LogP contribution in [0.15, 0.2) is 22.8 Å². The predicted molar refractivity (Wildman–Crippen MR) is 76.5 cm³/mol. The minimum absolute atomic E-state index is 0.0745. The number of hydrogen-bond donors (Lipinski definition) is 2. The molecule has 0 aliphatic heterocycles. The van der Waals surface area contributed by atoms with E-state index in [1.54, 1.807) is 6.26 Å². The third kappa shape index (κ3) is 5.47. The molecule has 0 spiro atoms. The quantitative estimate of drug-likeness (QED) is 0.760. The number of rotatable bonds is 8. The van der Waals surface area contributed by atoms with Gasteiger partial charge in [-0.25, -0.2) is 0 Å². The topological polar surface area (TPSA) is 68.3 Å². The van der Waals surface area contributed by atoms with Gasteiger partial charge in [-0.3, -0.25) is 4.79 Å². The zero-order chi connectivity index (χ0) is 14.3. The first-order valence-electron chi connectivity index (χ1n) is 7.07. The lowest BCUT2D eigenvalue weighted by Crippen LogP contribution is -2.27. The summed E-state index contributed by atoms with van der Waals surface area (Å²) < 4.78 is 5.27. The highest BCUT2D eigenvalue weighted by Gasteiger charge is 2.16. The lowest BCUT2D eigenvalue weighted by molar-refractivity contribution is -0.122. The van der Waals surface area contributed by atoms with Crippen molar-refractivity contribution in [2.24, 2.45) is 17.6 Å². The van der Waals surface area contributed by atoms with Crippen molar-refractivity contribution in [2.75, 3.05) is 6.54 Å². The summed E-state index contributed by atoms with van der Waals surface area (Å²) in [5.74, 6) is 1.95. The molecular formula is C15H26N2O2. The second kappa shape index (κ2) is 8.00. The molecule has 1 aromatic heterocycles. The molecule has 108 valence electrons. The smallest absolute Gasteiger partial charge is 0.220 e. The Morgan fingerprint density at radius 2 is 2.11 bits per heavy atom. The molecule has 1 rings (SSSR count). The number of furan rings is 1. The first kappa shape index (κ1) is 15.8. The van der Waals surface area contributed by atoms with Crippen LogP contribution in [0.5, 0.6) is 0 Å². The molecular weight excluding hydrogens is 240 g/mol. The van der Waals surface area contributed by atoms with E-state index in [9.17, 15) is 4.79 Å². The van der Waals surface area contributed by atoms with Crippen LogP contribution in [-0.4, -0.2) is 12.5 Å². The average Bonchev–Trinajstić information content (AvgIpc) is 2.87. The molecule has 0 saturated heterocycles. The Hall–Kier alpha value is -1.29. The molecule has 1 heterocycles. The van der Waals surface area contributed by atoms with E-state index in [1.165, 1.54) is 0 Å². The Morgan fingerprint density at radius 1 is 1.37 bits per heavy atom. The fraction of sp³-hybridized carbons (Fsp3) is 0.667. The SMILES string of the molecule is CC(C)C(CCN)CCC(=O)N[C@H](C)c1ccco1.